The fraction of sp³-hybridized carbons (Fsp3) is 0.0714. The molecule has 0 atom stereocenters. The molecular formula is C28H26N2O3S2. The van der Waals surface area contributed by atoms with E-state index in [1.54, 1.807) is 78.9 Å². The normalized spacial score (nSPS) is 12.2. The molecule has 0 heterocycles. The Kier molecular flexibility index (Phi) is 7.19. The fourth-order valence-corrected chi connectivity index (χ4v) is 6.61. The van der Waals surface area contributed by atoms with Gasteiger partial charge in [0.15, 0.2) is 5.82 Å². The van der Waals surface area contributed by atoms with Gasteiger partial charge in [0.25, 0.3) is 10.0 Å². The van der Waals surface area contributed by atoms with E-state index in [1.807, 2.05) is 49.4 Å². The van der Waals surface area contributed by atoms with E-state index in [-0.39, 0.29) is 10.7 Å². The highest BCUT2D eigenvalue weighted by Gasteiger charge is 2.26. The first-order valence-corrected chi connectivity index (χ1v) is 14.0. The van der Waals surface area contributed by atoms with Gasteiger partial charge in [-0.3, -0.25) is 4.31 Å². The molecule has 0 amide bonds. The number of hydrogen-bond acceptors (Lipinski definition) is 4. The average Bonchev–Trinajstić information content (AvgIpc) is 2.89. The summed E-state index contributed by atoms with van der Waals surface area (Å²) in [5, 5.41) is 0. The van der Waals surface area contributed by atoms with Crippen LogP contribution in [0.1, 0.15) is 11.1 Å². The molecule has 4 rings (SSSR count). The molecule has 0 spiro atoms. The SMILES string of the molecule is Cc1ccc(S(=O)(=O)N(C)/C(=C\c2ccccc2)N=S(=O)(c2ccccc2)c2ccccc2)cc1. The van der Waals surface area contributed by atoms with Gasteiger partial charge in [-0.15, -0.1) is 0 Å². The molecule has 35 heavy (non-hydrogen) atoms. The largest absolute Gasteiger partial charge is 0.265 e. The third-order valence-electron chi connectivity index (χ3n) is 5.44. The predicted molar refractivity (Wildman–Crippen MR) is 141 cm³/mol. The minimum absolute atomic E-state index is 0.0643. The van der Waals surface area contributed by atoms with Gasteiger partial charge in [0.1, 0.15) is 9.73 Å². The molecule has 0 fully saturated rings. The molecule has 0 aromatic heterocycles. The Morgan fingerprint density at radius 1 is 0.657 bits per heavy atom. The third kappa shape index (κ3) is 5.37. The third-order valence-corrected chi connectivity index (χ3v) is 9.49. The molecule has 0 saturated heterocycles. The lowest BCUT2D eigenvalue weighted by Gasteiger charge is -2.22. The molecule has 5 nitrogen and oxygen atoms in total. The lowest BCUT2D eigenvalue weighted by atomic mass is 10.2. The van der Waals surface area contributed by atoms with E-state index in [2.05, 4.69) is 4.36 Å². The number of sulfonamides is 1. The van der Waals surface area contributed by atoms with Crippen LogP contribution < -0.4 is 0 Å². The Labute approximate surface area is 207 Å². The second-order valence-corrected chi connectivity index (χ2v) is 12.1. The van der Waals surface area contributed by atoms with E-state index < -0.39 is 19.8 Å². The topological polar surface area (TPSA) is 66.8 Å². The van der Waals surface area contributed by atoms with E-state index in [1.165, 1.54) is 7.05 Å². The van der Waals surface area contributed by atoms with Crippen molar-refractivity contribution in [2.75, 3.05) is 7.05 Å². The van der Waals surface area contributed by atoms with E-state index in [4.69, 9.17) is 0 Å². The molecule has 0 saturated carbocycles. The summed E-state index contributed by atoms with van der Waals surface area (Å²) >= 11 is 0. The second-order valence-electron chi connectivity index (χ2n) is 7.94. The Morgan fingerprint density at radius 2 is 1.11 bits per heavy atom. The zero-order valence-electron chi connectivity index (χ0n) is 19.5. The highest BCUT2D eigenvalue weighted by atomic mass is 32.2. The van der Waals surface area contributed by atoms with Crippen LogP contribution in [-0.2, 0) is 19.8 Å². The maximum atomic E-state index is 14.6. The zero-order chi connectivity index (χ0) is 24.9. The van der Waals surface area contributed by atoms with Crippen LogP contribution in [0, 0.1) is 6.92 Å². The maximum absolute atomic E-state index is 14.6. The van der Waals surface area contributed by atoms with Gasteiger partial charge in [0.05, 0.1) is 14.7 Å². The van der Waals surface area contributed by atoms with Gasteiger partial charge in [-0.2, -0.15) is 4.36 Å². The lowest BCUT2D eigenvalue weighted by Crippen LogP contribution is -2.26. The molecular weight excluding hydrogens is 476 g/mol. The molecule has 7 heteroatoms. The van der Waals surface area contributed by atoms with Gasteiger partial charge in [0, 0.05) is 7.05 Å². The Bertz CT molecular complexity index is 1500. The first kappa shape index (κ1) is 24.4. The molecule has 0 N–H and O–H groups in total. The highest BCUT2D eigenvalue weighted by molar-refractivity contribution is 7.94. The Morgan fingerprint density at radius 3 is 1.60 bits per heavy atom. The van der Waals surface area contributed by atoms with Crippen molar-refractivity contribution in [1.82, 2.24) is 4.31 Å². The number of rotatable bonds is 7. The quantitative estimate of drug-likeness (QED) is 0.302. The molecule has 0 bridgehead atoms. The van der Waals surface area contributed by atoms with Crippen molar-refractivity contribution in [3.63, 3.8) is 0 Å². The van der Waals surface area contributed by atoms with Crippen molar-refractivity contribution in [2.45, 2.75) is 21.6 Å². The van der Waals surface area contributed by atoms with Gasteiger partial charge in [-0.05, 0) is 55.0 Å². The molecule has 0 unspecified atom stereocenters. The van der Waals surface area contributed by atoms with Crippen molar-refractivity contribution < 1.29 is 12.6 Å². The minimum Gasteiger partial charge on any atom is -0.252 e. The summed E-state index contributed by atoms with van der Waals surface area (Å²) in [7, 11) is -5.74. The van der Waals surface area contributed by atoms with Gasteiger partial charge in [-0.1, -0.05) is 84.4 Å². The van der Waals surface area contributed by atoms with E-state index >= 15 is 0 Å². The summed E-state index contributed by atoms with van der Waals surface area (Å²) in [6.07, 6.45) is 1.64. The second kappa shape index (κ2) is 10.3. The Balaban J connectivity index is 1.97. The fourth-order valence-electron chi connectivity index (χ4n) is 3.45. The summed E-state index contributed by atoms with van der Waals surface area (Å²) in [6, 6.07) is 33.7. The summed E-state index contributed by atoms with van der Waals surface area (Å²) < 4.78 is 47.5. The van der Waals surface area contributed by atoms with Crippen LogP contribution in [0.2, 0.25) is 0 Å². The van der Waals surface area contributed by atoms with Crippen LogP contribution in [-0.4, -0.2) is 24.0 Å². The monoisotopic (exact) mass is 502 g/mol. The smallest absolute Gasteiger partial charge is 0.252 e. The molecule has 178 valence electrons. The summed E-state index contributed by atoms with van der Waals surface area (Å²) in [6.45, 7) is 1.89. The number of hydrogen-bond donors (Lipinski definition) is 0. The van der Waals surface area contributed by atoms with Gasteiger partial charge in [0.2, 0.25) is 0 Å². The minimum atomic E-state index is -3.97. The Hall–Kier alpha value is -3.68. The molecule has 0 aliphatic heterocycles. The van der Waals surface area contributed by atoms with E-state index in [9.17, 15) is 12.6 Å². The molecule has 4 aromatic rings. The standard InChI is InChI=1S/C28H26N2O3S2/c1-23-18-20-27(21-19-23)35(32,33)30(2)28(22-24-12-6-3-7-13-24)29-34(31,25-14-8-4-9-15-25)26-16-10-5-11-17-26/h3-22H,1-2H3/b28-22-. The first-order valence-electron chi connectivity index (χ1n) is 11.0. The molecule has 0 radical (unpaired) electrons. The summed E-state index contributed by atoms with van der Waals surface area (Å²) in [5.74, 6) is 0.0643. The van der Waals surface area contributed by atoms with Crippen LogP contribution >= 0.6 is 0 Å². The van der Waals surface area contributed by atoms with Gasteiger partial charge < -0.3 is 0 Å². The van der Waals surface area contributed by atoms with Crippen molar-refractivity contribution >= 4 is 25.8 Å². The van der Waals surface area contributed by atoms with Gasteiger partial charge in [-0.25, -0.2) is 12.6 Å². The predicted octanol–water partition coefficient (Wildman–Crippen LogP) is 6.20. The molecule has 0 aliphatic carbocycles. The van der Waals surface area contributed by atoms with Crippen LogP contribution in [0.3, 0.4) is 0 Å². The highest BCUT2D eigenvalue weighted by Crippen LogP contribution is 2.29. The average molecular weight is 503 g/mol. The summed E-state index contributed by atoms with van der Waals surface area (Å²) in [5.41, 5.74) is 1.69. The maximum Gasteiger partial charge on any atom is 0.265 e. The van der Waals surface area contributed by atoms with Gasteiger partial charge >= 0.3 is 0 Å². The first-order chi connectivity index (χ1) is 16.8. The van der Waals surface area contributed by atoms with Crippen LogP contribution in [0.5, 0.6) is 0 Å². The molecule has 0 aliphatic rings. The van der Waals surface area contributed by atoms with Crippen molar-refractivity contribution in [3.8, 4) is 0 Å². The van der Waals surface area contributed by atoms with Crippen LogP contribution in [0.4, 0.5) is 0 Å². The van der Waals surface area contributed by atoms with Crippen molar-refractivity contribution in [2.24, 2.45) is 4.36 Å². The number of benzene rings is 4. The zero-order valence-corrected chi connectivity index (χ0v) is 21.1. The molecule has 4 aromatic carbocycles. The lowest BCUT2D eigenvalue weighted by molar-refractivity contribution is 0.523. The van der Waals surface area contributed by atoms with Crippen molar-refractivity contribution in [1.29, 1.82) is 0 Å². The van der Waals surface area contributed by atoms with Crippen LogP contribution in [0.15, 0.2) is 140 Å². The van der Waals surface area contributed by atoms with Crippen LogP contribution in [0.25, 0.3) is 6.08 Å². The van der Waals surface area contributed by atoms with E-state index in [0.29, 0.717) is 9.79 Å². The van der Waals surface area contributed by atoms with E-state index in [0.717, 1.165) is 15.4 Å². The van der Waals surface area contributed by atoms with Crippen molar-refractivity contribution in [3.05, 3.63) is 132 Å². The summed E-state index contributed by atoms with van der Waals surface area (Å²) in [4.78, 5) is 1.11. The number of nitrogens with zero attached hydrogens (tertiary/aromatic N) is 2. The number of aryl methyl sites for hydroxylation is 1.